The van der Waals surface area contributed by atoms with Crippen LogP contribution < -0.4 is 0 Å². The number of benzene rings is 1. The molecule has 17 heavy (non-hydrogen) atoms. The standard InChI is InChI=1S/C13H15NO3/c15-11-7-3-1-2-4-8-12-9-5-6-10-13(12)14(16)17/h4-6,8-11H,1-3,7H2. The van der Waals surface area contributed by atoms with E-state index in [1.807, 2.05) is 6.08 Å². The number of carbonyl (C=O) groups is 1. The summed E-state index contributed by atoms with van der Waals surface area (Å²) < 4.78 is 0. The number of nitrogens with zero attached hydrogens (tertiary/aromatic N) is 1. The van der Waals surface area contributed by atoms with Gasteiger partial charge in [0, 0.05) is 12.5 Å². The number of nitro benzene ring substituents is 1. The van der Waals surface area contributed by atoms with Crippen LogP contribution in [-0.4, -0.2) is 11.2 Å². The molecule has 0 amide bonds. The summed E-state index contributed by atoms with van der Waals surface area (Å²) in [6, 6.07) is 6.64. The van der Waals surface area contributed by atoms with Crippen molar-refractivity contribution < 1.29 is 9.72 Å². The van der Waals surface area contributed by atoms with E-state index in [1.165, 1.54) is 6.07 Å². The van der Waals surface area contributed by atoms with Gasteiger partial charge >= 0.3 is 0 Å². The van der Waals surface area contributed by atoms with Crippen LogP contribution in [0.25, 0.3) is 6.08 Å². The van der Waals surface area contributed by atoms with Crippen LogP contribution in [0.5, 0.6) is 0 Å². The second-order valence-corrected chi connectivity index (χ2v) is 3.67. The van der Waals surface area contributed by atoms with Gasteiger partial charge in [0.2, 0.25) is 0 Å². The molecule has 0 saturated carbocycles. The van der Waals surface area contributed by atoms with Gasteiger partial charge in [-0.1, -0.05) is 24.3 Å². The molecule has 0 spiro atoms. The predicted octanol–water partition coefficient (Wildman–Crippen LogP) is 3.37. The first-order valence-electron chi connectivity index (χ1n) is 5.59. The van der Waals surface area contributed by atoms with E-state index in [0.29, 0.717) is 12.0 Å². The third-order valence-corrected chi connectivity index (χ3v) is 2.37. The van der Waals surface area contributed by atoms with Crippen molar-refractivity contribution in [3.8, 4) is 0 Å². The van der Waals surface area contributed by atoms with Crippen LogP contribution in [0.15, 0.2) is 30.3 Å². The van der Waals surface area contributed by atoms with E-state index in [9.17, 15) is 14.9 Å². The van der Waals surface area contributed by atoms with Crippen LogP contribution in [0.2, 0.25) is 0 Å². The molecular weight excluding hydrogens is 218 g/mol. The summed E-state index contributed by atoms with van der Waals surface area (Å²) in [5, 5.41) is 10.7. The molecule has 0 radical (unpaired) electrons. The monoisotopic (exact) mass is 233 g/mol. The molecule has 4 nitrogen and oxygen atoms in total. The third kappa shape index (κ3) is 4.59. The number of carbonyl (C=O) groups excluding carboxylic acids is 1. The lowest BCUT2D eigenvalue weighted by Crippen LogP contribution is -1.90. The molecular formula is C13H15NO3. The third-order valence-electron chi connectivity index (χ3n) is 2.37. The Bertz CT molecular complexity index is 413. The van der Waals surface area contributed by atoms with Crippen molar-refractivity contribution in [1.29, 1.82) is 0 Å². The fourth-order valence-electron chi connectivity index (χ4n) is 1.49. The number of aldehydes is 1. The maximum Gasteiger partial charge on any atom is 0.276 e. The fraction of sp³-hybridized carbons (Fsp3) is 0.308. The molecule has 1 aromatic carbocycles. The highest BCUT2D eigenvalue weighted by atomic mass is 16.6. The van der Waals surface area contributed by atoms with E-state index < -0.39 is 0 Å². The SMILES string of the molecule is O=CCCCCC=Cc1ccccc1[N+](=O)[O-]. The van der Waals surface area contributed by atoms with Gasteiger partial charge in [-0.2, -0.15) is 0 Å². The van der Waals surface area contributed by atoms with E-state index in [1.54, 1.807) is 24.3 Å². The van der Waals surface area contributed by atoms with Gasteiger partial charge in [-0.05, 0) is 25.3 Å². The molecule has 0 atom stereocenters. The topological polar surface area (TPSA) is 60.2 Å². The van der Waals surface area contributed by atoms with Gasteiger partial charge in [0.05, 0.1) is 10.5 Å². The largest absolute Gasteiger partial charge is 0.303 e. The molecule has 0 fully saturated rings. The van der Waals surface area contributed by atoms with Crippen molar-refractivity contribution in [2.45, 2.75) is 25.7 Å². The Kier molecular flexibility index (Phi) is 5.64. The molecule has 1 rings (SSSR count). The molecule has 0 aliphatic rings. The zero-order valence-electron chi connectivity index (χ0n) is 9.54. The minimum atomic E-state index is -0.383. The summed E-state index contributed by atoms with van der Waals surface area (Å²) in [7, 11) is 0. The number of nitro groups is 1. The lowest BCUT2D eigenvalue weighted by Gasteiger charge is -1.96. The van der Waals surface area contributed by atoms with E-state index in [0.717, 1.165) is 25.5 Å². The molecule has 0 heterocycles. The summed E-state index contributed by atoms with van der Waals surface area (Å²) in [6.07, 6.45) is 7.79. The summed E-state index contributed by atoms with van der Waals surface area (Å²) in [5.74, 6) is 0. The van der Waals surface area contributed by atoms with Crippen molar-refractivity contribution in [3.05, 3.63) is 46.0 Å². The smallest absolute Gasteiger partial charge is 0.276 e. The van der Waals surface area contributed by atoms with E-state index >= 15 is 0 Å². The lowest BCUT2D eigenvalue weighted by molar-refractivity contribution is -0.385. The van der Waals surface area contributed by atoms with Crippen molar-refractivity contribution in [1.82, 2.24) is 0 Å². The maximum atomic E-state index is 10.7. The van der Waals surface area contributed by atoms with E-state index in [2.05, 4.69) is 0 Å². The first-order chi connectivity index (χ1) is 8.25. The second kappa shape index (κ2) is 7.33. The Balaban J connectivity index is 2.53. The van der Waals surface area contributed by atoms with Crippen molar-refractivity contribution in [3.63, 3.8) is 0 Å². The van der Waals surface area contributed by atoms with Gasteiger partial charge in [-0.3, -0.25) is 10.1 Å². The van der Waals surface area contributed by atoms with Crippen LogP contribution in [0.1, 0.15) is 31.2 Å². The number of rotatable bonds is 7. The molecule has 0 saturated heterocycles. The summed E-state index contributed by atoms with van der Waals surface area (Å²) in [5.41, 5.74) is 0.740. The number of hydrogen-bond acceptors (Lipinski definition) is 3. The highest BCUT2D eigenvalue weighted by molar-refractivity contribution is 5.60. The number of hydrogen-bond donors (Lipinski definition) is 0. The number of para-hydroxylation sites is 1. The maximum absolute atomic E-state index is 10.7. The van der Waals surface area contributed by atoms with Gasteiger partial charge < -0.3 is 4.79 Å². The molecule has 0 aromatic heterocycles. The highest BCUT2D eigenvalue weighted by Gasteiger charge is 2.08. The molecule has 0 unspecified atom stereocenters. The molecule has 1 aromatic rings. The minimum Gasteiger partial charge on any atom is -0.303 e. The Morgan fingerprint density at radius 3 is 2.59 bits per heavy atom. The Labute approximate surface area is 100 Å². The molecule has 0 N–H and O–H groups in total. The van der Waals surface area contributed by atoms with Gasteiger partial charge in [0.1, 0.15) is 6.29 Å². The van der Waals surface area contributed by atoms with E-state index in [4.69, 9.17) is 0 Å². The molecule has 4 heteroatoms. The van der Waals surface area contributed by atoms with Gasteiger partial charge in [-0.25, -0.2) is 0 Å². The van der Waals surface area contributed by atoms with Crippen molar-refractivity contribution in [2.24, 2.45) is 0 Å². The zero-order chi connectivity index (χ0) is 12.5. The molecule has 0 bridgehead atoms. The normalized spacial score (nSPS) is 10.6. The molecule has 0 aliphatic heterocycles. The predicted molar refractivity (Wildman–Crippen MR) is 66.7 cm³/mol. The fourth-order valence-corrected chi connectivity index (χ4v) is 1.49. The van der Waals surface area contributed by atoms with Gasteiger partial charge in [0.15, 0.2) is 0 Å². The van der Waals surface area contributed by atoms with Crippen LogP contribution in [-0.2, 0) is 4.79 Å². The summed E-state index contributed by atoms with van der Waals surface area (Å²) >= 11 is 0. The number of allylic oxidation sites excluding steroid dienone is 1. The first-order valence-corrected chi connectivity index (χ1v) is 5.59. The van der Waals surface area contributed by atoms with Crippen molar-refractivity contribution >= 4 is 18.0 Å². The second-order valence-electron chi connectivity index (χ2n) is 3.67. The lowest BCUT2D eigenvalue weighted by atomic mass is 10.1. The van der Waals surface area contributed by atoms with Crippen LogP contribution in [0, 0.1) is 10.1 Å². The molecule has 90 valence electrons. The molecule has 0 aliphatic carbocycles. The quantitative estimate of drug-likeness (QED) is 0.314. The van der Waals surface area contributed by atoms with Crippen LogP contribution >= 0.6 is 0 Å². The summed E-state index contributed by atoms with van der Waals surface area (Å²) in [4.78, 5) is 20.4. The van der Waals surface area contributed by atoms with Crippen LogP contribution in [0.4, 0.5) is 5.69 Å². The van der Waals surface area contributed by atoms with Crippen molar-refractivity contribution in [2.75, 3.05) is 0 Å². The summed E-state index contributed by atoms with van der Waals surface area (Å²) in [6.45, 7) is 0. The Morgan fingerprint density at radius 1 is 1.18 bits per heavy atom. The zero-order valence-corrected chi connectivity index (χ0v) is 9.54. The number of unbranched alkanes of at least 4 members (excludes halogenated alkanes) is 3. The average Bonchev–Trinajstić information content (AvgIpc) is 2.34. The first kappa shape index (κ1) is 13.1. The van der Waals surface area contributed by atoms with Gasteiger partial charge in [-0.15, -0.1) is 0 Å². The van der Waals surface area contributed by atoms with E-state index in [-0.39, 0.29) is 10.6 Å². The minimum absolute atomic E-state index is 0.122. The van der Waals surface area contributed by atoms with Gasteiger partial charge in [0.25, 0.3) is 5.69 Å². The average molecular weight is 233 g/mol. The Hall–Kier alpha value is -1.97. The van der Waals surface area contributed by atoms with Crippen LogP contribution in [0.3, 0.4) is 0 Å². The highest BCUT2D eigenvalue weighted by Crippen LogP contribution is 2.19. The Morgan fingerprint density at radius 2 is 1.88 bits per heavy atom.